The molecule has 2 aromatic rings. The molecule has 3 rings (SSSR count). The number of amides is 3. The van der Waals surface area contributed by atoms with Crippen LogP contribution in [0.2, 0.25) is 0 Å². The molecule has 0 aliphatic carbocycles. The van der Waals surface area contributed by atoms with E-state index < -0.39 is 5.92 Å². The smallest absolute Gasteiger partial charge is 0.245 e. The number of carbonyl (C=O) groups is 3. The second kappa shape index (κ2) is 8.17. The van der Waals surface area contributed by atoms with E-state index in [1.54, 1.807) is 36.3 Å². The summed E-state index contributed by atoms with van der Waals surface area (Å²) in [7, 11) is 1.57. The van der Waals surface area contributed by atoms with Crippen LogP contribution in [0.1, 0.15) is 12.1 Å². The molecule has 1 unspecified atom stereocenters. The normalized spacial score (nSPS) is 16.3. The van der Waals surface area contributed by atoms with Gasteiger partial charge in [-0.1, -0.05) is 0 Å². The van der Waals surface area contributed by atoms with E-state index in [1.807, 2.05) is 12.3 Å². The maximum absolute atomic E-state index is 12.3. The first-order valence-corrected chi connectivity index (χ1v) is 9.28. The minimum Gasteiger partial charge on any atom is -0.497 e. The SMILES string of the molecule is COc1ccc(N2CC(C(=O)NCC(=O)Nc3nc(C)cs3)CC2=O)cc1. The lowest BCUT2D eigenvalue weighted by atomic mass is 10.1. The van der Waals surface area contributed by atoms with Crippen LogP contribution in [0.4, 0.5) is 10.8 Å². The molecular weight excluding hydrogens is 368 g/mol. The van der Waals surface area contributed by atoms with Crippen molar-refractivity contribution in [1.29, 1.82) is 0 Å². The molecule has 9 heteroatoms. The first kappa shape index (κ1) is 18.8. The van der Waals surface area contributed by atoms with Crippen LogP contribution in [-0.2, 0) is 14.4 Å². The summed E-state index contributed by atoms with van der Waals surface area (Å²) in [5.74, 6) is -0.586. The van der Waals surface area contributed by atoms with E-state index in [0.29, 0.717) is 16.6 Å². The number of nitrogens with one attached hydrogen (secondary N) is 2. The minimum absolute atomic E-state index is 0.116. The lowest BCUT2D eigenvalue weighted by Crippen LogP contribution is -2.37. The molecule has 1 fully saturated rings. The van der Waals surface area contributed by atoms with Gasteiger partial charge in [0, 0.05) is 24.0 Å². The predicted molar refractivity (Wildman–Crippen MR) is 102 cm³/mol. The Morgan fingerprint density at radius 2 is 2.07 bits per heavy atom. The van der Waals surface area contributed by atoms with Crippen LogP contribution < -0.4 is 20.3 Å². The highest BCUT2D eigenvalue weighted by molar-refractivity contribution is 7.13. The fourth-order valence-corrected chi connectivity index (χ4v) is 3.49. The second-order valence-electron chi connectivity index (χ2n) is 6.16. The summed E-state index contributed by atoms with van der Waals surface area (Å²) in [6.45, 7) is 1.95. The van der Waals surface area contributed by atoms with Crippen molar-refractivity contribution in [2.45, 2.75) is 13.3 Å². The van der Waals surface area contributed by atoms with Gasteiger partial charge in [-0.15, -0.1) is 11.3 Å². The van der Waals surface area contributed by atoms with Crippen molar-refractivity contribution >= 4 is 39.9 Å². The Bertz CT molecular complexity index is 849. The summed E-state index contributed by atoms with van der Waals surface area (Å²) in [5, 5.41) is 7.54. The molecule has 0 bridgehead atoms. The number of ether oxygens (including phenoxy) is 1. The van der Waals surface area contributed by atoms with Gasteiger partial charge in [-0.05, 0) is 31.2 Å². The van der Waals surface area contributed by atoms with Crippen LogP contribution in [0.3, 0.4) is 0 Å². The van der Waals surface area contributed by atoms with E-state index in [4.69, 9.17) is 4.74 Å². The average molecular weight is 388 g/mol. The van der Waals surface area contributed by atoms with Crippen molar-refractivity contribution in [3.05, 3.63) is 35.3 Å². The van der Waals surface area contributed by atoms with Crippen LogP contribution in [0.5, 0.6) is 5.75 Å². The number of aromatic nitrogens is 1. The lowest BCUT2D eigenvalue weighted by Gasteiger charge is -2.17. The molecule has 1 aromatic heterocycles. The number of methoxy groups -OCH3 is 1. The number of nitrogens with zero attached hydrogens (tertiary/aromatic N) is 2. The highest BCUT2D eigenvalue weighted by Gasteiger charge is 2.35. The maximum Gasteiger partial charge on any atom is 0.245 e. The molecule has 0 radical (unpaired) electrons. The molecule has 2 N–H and O–H groups in total. The van der Waals surface area contributed by atoms with Gasteiger partial charge in [0.15, 0.2) is 5.13 Å². The molecule has 142 valence electrons. The molecular formula is C18H20N4O4S. The first-order chi connectivity index (χ1) is 13.0. The summed E-state index contributed by atoms with van der Waals surface area (Å²) in [6, 6.07) is 7.09. The van der Waals surface area contributed by atoms with E-state index in [0.717, 1.165) is 5.69 Å². The molecule has 0 saturated carbocycles. The lowest BCUT2D eigenvalue weighted by molar-refractivity contribution is -0.127. The van der Waals surface area contributed by atoms with Gasteiger partial charge in [0.1, 0.15) is 5.75 Å². The molecule has 2 heterocycles. The molecule has 8 nitrogen and oxygen atoms in total. The van der Waals surface area contributed by atoms with Crippen LogP contribution in [0.25, 0.3) is 0 Å². The van der Waals surface area contributed by atoms with E-state index in [-0.39, 0.29) is 37.2 Å². The highest BCUT2D eigenvalue weighted by Crippen LogP contribution is 2.26. The monoisotopic (exact) mass is 388 g/mol. The van der Waals surface area contributed by atoms with Crippen LogP contribution >= 0.6 is 11.3 Å². The maximum atomic E-state index is 12.3. The average Bonchev–Trinajstić information content (AvgIpc) is 3.25. The van der Waals surface area contributed by atoms with Crippen LogP contribution in [-0.4, -0.2) is 42.9 Å². The van der Waals surface area contributed by atoms with Crippen molar-refractivity contribution in [1.82, 2.24) is 10.3 Å². The molecule has 1 saturated heterocycles. The Hall–Kier alpha value is -2.94. The van der Waals surface area contributed by atoms with Crippen molar-refractivity contribution < 1.29 is 19.1 Å². The van der Waals surface area contributed by atoms with Gasteiger partial charge in [-0.25, -0.2) is 4.98 Å². The zero-order valence-corrected chi connectivity index (χ0v) is 15.8. The Balaban J connectivity index is 1.51. The van der Waals surface area contributed by atoms with Crippen LogP contribution in [0, 0.1) is 12.8 Å². The molecule has 3 amide bonds. The first-order valence-electron chi connectivity index (χ1n) is 8.40. The minimum atomic E-state index is -0.491. The van der Waals surface area contributed by atoms with Crippen molar-refractivity contribution in [3.8, 4) is 5.75 Å². The van der Waals surface area contributed by atoms with Gasteiger partial charge >= 0.3 is 0 Å². The standard InChI is InChI=1S/C18H20N4O4S/c1-11-10-27-18(20-11)21-15(23)8-19-17(25)12-7-16(24)22(9-12)13-3-5-14(26-2)6-4-13/h3-6,10,12H,7-9H2,1-2H3,(H,19,25)(H,20,21,23). The number of hydrogen-bond acceptors (Lipinski definition) is 6. The number of carbonyl (C=O) groups excluding carboxylic acids is 3. The van der Waals surface area contributed by atoms with Gasteiger partial charge in [0.25, 0.3) is 0 Å². The second-order valence-corrected chi connectivity index (χ2v) is 7.02. The number of aryl methyl sites for hydroxylation is 1. The van der Waals surface area contributed by atoms with Gasteiger partial charge in [-0.3, -0.25) is 14.4 Å². The molecule has 27 heavy (non-hydrogen) atoms. The zero-order chi connectivity index (χ0) is 19.4. The van der Waals surface area contributed by atoms with Gasteiger partial charge in [0.05, 0.1) is 25.3 Å². The molecule has 0 spiro atoms. The summed E-state index contributed by atoms with van der Waals surface area (Å²) >= 11 is 1.32. The third-order valence-corrected chi connectivity index (χ3v) is 5.04. The highest BCUT2D eigenvalue weighted by atomic mass is 32.1. The fourth-order valence-electron chi connectivity index (χ4n) is 2.78. The zero-order valence-electron chi connectivity index (χ0n) is 15.0. The summed E-state index contributed by atoms with van der Waals surface area (Å²) in [4.78, 5) is 42.2. The van der Waals surface area contributed by atoms with Gasteiger partial charge < -0.3 is 20.3 Å². The Kier molecular flexibility index (Phi) is 5.70. The molecule has 1 aromatic carbocycles. The van der Waals surface area contributed by atoms with E-state index in [1.165, 1.54) is 11.3 Å². The van der Waals surface area contributed by atoms with Crippen LogP contribution in [0.15, 0.2) is 29.6 Å². The number of thiazole rings is 1. The topological polar surface area (TPSA) is 101 Å². The summed E-state index contributed by atoms with van der Waals surface area (Å²) in [6.07, 6.45) is 0.116. The van der Waals surface area contributed by atoms with Crippen molar-refractivity contribution in [2.75, 3.05) is 30.4 Å². The quantitative estimate of drug-likeness (QED) is 0.782. The third-order valence-electron chi connectivity index (χ3n) is 4.17. The summed E-state index contributed by atoms with van der Waals surface area (Å²) in [5.41, 5.74) is 1.54. The summed E-state index contributed by atoms with van der Waals surface area (Å²) < 4.78 is 5.11. The number of benzene rings is 1. The fraction of sp³-hybridized carbons (Fsp3) is 0.333. The van der Waals surface area contributed by atoms with E-state index >= 15 is 0 Å². The predicted octanol–water partition coefficient (Wildman–Crippen LogP) is 1.57. The van der Waals surface area contributed by atoms with E-state index in [9.17, 15) is 14.4 Å². The number of anilines is 2. The van der Waals surface area contributed by atoms with Crippen molar-refractivity contribution in [2.24, 2.45) is 5.92 Å². The molecule has 1 atom stereocenters. The largest absolute Gasteiger partial charge is 0.497 e. The van der Waals surface area contributed by atoms with E-state index in [2.05, 4.69) is 15.6 Å². The molecule has 1 aliphatic rings. The van der Waals surface area contributed by atoms with Gasteiger partial charge in [-0.2, -0.15) is 0 Å². The Labute approximate surface area is 160 Å². The van der Waals surface area contributed by atoms with Crippen molar-refractivity contribution in [3.63, 3.8) is 0 Å². The number of hydrogen-bond donors (Lipinski definition) is 2. The Morgan fingerprint density at radius 3 is 2.70 bits per heavy atom. The number of rotatable bonds is 6. The molecule has 1 aliphatic heterocycles. The Morgan fingerprint density at radius 1 is 1.33 bits per heavy atom. The third kappa shape index (κ3) is 4.62. The van der Waals surface area contributed by atoms with Gasteiger partial charge in [0.2, 0.25) is 17.7 Å².